The number of methoxy groups -OCH3 is 1. The number of ether oxygens (including phenoxy) is 2. The van der Waals surface area contributed by atoms with Gasteiger partial charge in [0.15, 0.2) is 5.78 Å². The van der Waals surface area contributed by atoms with Gasteiger partial charge in [-0.2, -0.15) is 0 Å². The lowest BCUT2D eigenvalue weighted by Gasteiger charge is -2.32. The molecule has 0 saturated carbocycles. The minimum atomic E-state index is -0.494. The Bertz CT molecular complexity index is 602. The monoisotopic (exact) mass is 348 g/mol. The molecule has 1 aromatic carbocycles. The Balaban J connectivity index is 1.80. The average Bonchev–Trinajstić information content (AvgIpc) is 2.54. The number of para-hydroxylation sites is 1. The van der Waals surface area contributed by atoms with Gasteiger partial charge in [-0.3, -0.25) is 9.69 Å². The van der Waals surface area contributed by atoms with Gasteiger partial charge in [-0.25, -0.2) is 4.79 Å². The number of carbonyl (C=O) groups excluding carboxylic acids is 2. The SMILES string of the molecule is COc1ccccc1C(=O)CN1CCC(NC(=O)OC(C)(C)C)CC1. The van der Waals surface area contributed by atoms with Crippen molar-refractivity contribution in [2.75, 3.05) is 26.7 Å². The first-order chi connectivity index (χ1) is 11.8. The van der Waals surface area contributed by atoms with E-state index in [2.05, 4.69) is 10.2 Å². The predicted octanol–water partition coefficient (Wildman–Crippen LogP) is 2.87. The van der Waals surface area contributed by atoms with Crippen molar-refractivity contribution in [2.24, 2.45) is 0 Å². The van der Waals surface area contributed by atoms with Gasteiger partial charge in [0.05, 0.1) is 19.2 Å². The summed E-state index contributed by atoms with van der Waals surface area (Å²) < 4.78 is 10.5. The van der Waals surface area contributed by atoms with E-state index in [0.29, 0.717) is 17.9 Å². The highest BCUT2D eigenvalue weighted by Crippen LogP contribution is 2.19. The zero-order valence-electron chi connectivity index (χ0n) is 15.5. The van der Waals surface area contributed by atoms with Crippen molar-refractivity contribution in [3.63, 3.8) is 0 Å². The Morgan fingerprint density at radius 3 is 2.44 bits per heavy atom. The van der Waals surface area contributed by atoms with Crippen molar-refractivity contribution in [2.45, 2.75) is 45.3 Å². The third-order valence-electron chi connectivity index (χ3n) is 4.08. The number of amides is 1. The van der Waals surface area contributed by atoms with Crippen LogP contribution in [0.1, 0.15) is 44.0 Å². The van der Waals surface area contributed by atoms with Crippen LogP contribution >= 0.6 is 0 Å². The van der Waals surface area contributed by atoms with Crippen LogP contribution in [0, 0.1) is 0 Å². The first-order valence-corrected chi connectivity index (χ1v) is 8.66. The van der Waals surface area contributed by atoms with Crippen molar-refractivity contribution in [1.82, 2.24) is 10.2 Å². The maximum atomic E-state index is 12.5. The Hall–Kier alpha value is -2.08. The predicted molar refractivity (Wildman–Crippen MR) is 96.2 cm³/mol. The molecule has 2 rings (SSSR count). The molecule has 1 heterocycles. The Morgan fingerprint density at radius 2 is 1.84 bits per heavy atom. The van der Waals surface area contributed by atoms with E-state index in [9.17, 15) is 9.59 Å². The van der Waals surface area contributed by atoms with Crippen molar-refractivity contribution in [3.8, 4) is 5.75 Å². The second kappa shape index (κ2) is 8.34. The summed E-state index contributed by atoms with van der Waals surface area (Å²) in [5.41, 5.74) is 0.116. The fraction of sp³-hybridized carbons (Fsp3) is 0.579. The van der Waals surface area contributed by atoms with Crippen LogP contribution in [0.15, 0.2) is 24.3 Å². The number of Topliss-reactive ketones (excluding diaryl/α,β-unsaturated/α-hetero) is 1. The van der Waals surface area contributed by atoms with E-state index in [1.54, 1.807) is 19.2 Å². The van der Waals surface area contributed by atoms with E-state index < -0.39 is 5.60 Å². The van der Waals surface area contributed by atoms with Crippen molar-refractivity contribution in [1.29, 1.82) is 0 Å². The lowest BCUT2D eigenvalue weighted by molar-refractivity contribution is 0.0476. The number of carbonyl (C=O) groups is 2. The van der Waals surface area contributed by atoms with E-state index in [1.165, 1.54) is 0 Å². The number of likely N-dealkylation sites (tertiary alicyclic amines) is 1. The van der Waals surface area contributed by atoms with Gasteiger partial charge in [0, 0.05) is 19.1 Å². The molecule has 0 aliphatic carbocycles. The molecular formula is C19H28N2O4. The van der Waals surface area contributed by atoms with E-state index in [4.69, 9.17) is 9.47 Å². The zero-order valence-corrected chi connectivity index (χ0v) is 15.5. The fourth-order valence-corrected chi connectivity index (χ4v) is 2.87. The standard InChI is InChI=1S/C19H28N2O4/c1-19(2,3)25-18(23)20-14-9-11-21(12-10-14)13-16(22)15-7-5-6-8-17(15)24-4/h5-8,14H,9-13H2,1-4H3,(H,20,23). The van der Waals surface area contributed by atoms with Gasteiger partial charge in [0.2, 0.25) is 0 Å². The second-order valence-corrected chi connectivity index (χ2v) is 7.32. The minimum Gasteiger partial charge on any atom is -0.496 e. The number of benzene rings is 1. The second-order valence-electron chi connectivity index (χ2n) is 7.32. The lowest BCUT2D eigenvalue weighted by atomic mass is 10.0. The van der Waals surface area contributed by atoms with Crippen LogP contribution in [0.3, 0.4) is 0 Å². The third-order valence-corrected chi connectivity index (χ3v) is 4.08. The highest BCUT2D eigenvalue weighted by Gasteiger charge is 2.25. The molecule has 1 fully saturated rings. The maximum Gasteiger partial charge on any atom is 0.407 e. The minimum absolute atomic E-state index is 0.0519. The van der Waals surface area contributed by atoms with Gasteiger partial charge in [0.25, 0.3) is 0 Å². The fourth-order valence-electron chi connectivity index (χ4n) is 2.87. The normalized spacial score (nSPS) is 16.3. The Labute approximate surface area is 149 Å². The van der Waals surface area contributed by atoms with Gasteiger partial charge in [-0.15, -0.1) is 0 Å². The van der Waals surface area contributed by atoms with E-state index in [0.717, 1.165) is 25.9 Å². The van der Waals surface area contributed by atoms with Crippen LogP contribution in [-0.2, 0) is 4.74 Å². The summed E-state index contributed by atoms with van der Waals surface area (Å²) in [5.74, 6) is 0.657. The molecule has 6 nitrogen and oxygen atoms in total. The van der Waals surface area contributed by atoms with Crippen LogP contribution in [0.5, 0.6) is 5.75 Å². The lowest BCUT2D eigenvalue weighted by Crippen LogP contribution is -2.47. The van der Waals surface area contributed by atoms with Crippen molar-refractivity contribution < 1.29 is 19.1 Å². The third kappa shape index (κ3) is 6.05. The number of nitrogens with zero attached hydrogens (tertiary/aromatic N) is 1. The Morgan fingerprint density at radius 1 is 1.20 bits per heavy atom. The molecule has 0 unspecified atom stereocenters. The Kier molecular flexibility index (Phi) is 6.42. The number of rotatable bonds is 5. The van der Waals surface area contributed by atoms with Crippen LogP contribution in [0.4, 0.5) is 4.79 Å². The van der Waals surface area contributed by atoms with Crippen LogP contribution < -0.4 is 10.1 Å². The van der Waals surface area contributed by atoms with E-state index in [-0.39, 0.29) is 17.9 Å². The van der Waals surface area contributed by atoms with Gasteiger partial charge < -0.3 is 14.8 Å². The molecule has 0 radical (unpaired) electrons. The largest absolute Gasteiger partial charge is 0.496 e. The molecular weight excluding hydrogens is 320 g/mol. The average molecular weight is 348 g/mol. The molecule has 0 aromatic heterocycles. The zero-order chi connectivity index (χ0) is 18.4. The van der Waals surface area contributed by atoms with Crippen LogP contribution in [0.2, 0.25) is 0 Å². The molecule has 6 heteroatoms. The van der Waals surface area contributed by atoms with Crippen molar-refractivity contribution in [3.05, 3.63) is 29.8 Å². The van der Waals surface area contributed by atoms with Gasteiger partial charge in [0.1, 0.15) is 11.4 Å². The summed E-state index contributed by atoms with van der Waals surface area (Å²) in [7, 11) is 1.57. The number of nitrogens with one attached hydrogen (secondary N) is 1. The summed E-state index contributed by atoms with van der Waals surface area (Å²) >= 11 is 0. The molecule has 1 saturated heterocycles. The number of hydrogen-bond acceptors (Lipinski definition) is 5. The number of piperidine rings is 1. The molecule has 1 amide bonds. The number of alkyl carbamates (subject to hydrolysis) is 1. The summed E-state index contributed by atoms with van der Waals surface area (Å²) in [6, 6.07) is 7.37. The topological polar surface area (TPSA) is 67.9 Å². The quantitative estimate of drug-likeness (QED) is 0.829. The van der Waals surface area contributed by atoms with Crippen LogP contribution in [0.25, 0.3) is 0 Å². The van der Waals surface area contributed by atoms with Gasteiger partial charge >= 0.3 is 6.09 Å². The van der Waals surface area contributed by atoms with Gasteiger partial charge in [-0.1, -0.05) is 12.1 Å². The van der Waals surface area contributed by atoms with E-state index >= 15 is 0 Å². The molecule has 138 valence electrons. The first kappa shape index (κ1) is 19.2. The van der Waals surface area contributed by atoms with E-state index in [1.807, 2.05) is 32.9 Å². The molecule has 0 spiro atoms. The smallest absolute Gasteiger partial charge is 0.407 e. The molecule has 1 aliphatic rings. The number of hydrogen-bond donors (Lipinski definition) is 1. The molecule has 25 heavy (non-hydrogen) atoms. The molecule has 1 N–H and O–H groups in total. The van der Waals surface area contributed by atoms with Gasteiger partial charge in [-0.05, 0) is 45.7 Å². The molecule has 1 aliphatic heterocycles. The molecule has 1 aromatic rings. The molecule has 0 atom stereocenters. The molecule has 0 bridgehead atoms. The highest BCUT2D eigenvalue weighted by atomic mass is 16.6. The van der Waals surface area contributed by atoms with Crippen LogP contribution in [-0.4, -0.2) is 55.2 Å². The highest BCUT2D eigenvalue weighted by molar-refractivity contribution is 6.00. The summed E-state index contributed by atoms with van der Waals surface area (Å²) in [4.78, 5) is 26.4. The summed E-state index contributed by atoms with van der Waals surface area (Å²) in [5, 5.41) is 2.91. The maximum absolute atomic E-state index is 12.5. The van der Waals surface area contributed by atoms with Crippen molar-refractivity contribution >= 4 is 11.9 Å². The summed E-state index contributed by atoms with van der Waals surface area (Å²) in [6.45, 7) is 7.43. The first-order valence-electron chi connectivity index (χ1n) is 8.66. The number of ketones is 1. The summed E-state index contributed by atoms with van der Waals surface area (Å²) in [6.07, 6.45) is 1.23.